The average Bonchev–Trinajstić information content (AvgIpc) is 2.64. The number of ether oxygens (including phenoxy) is 3. The molecule has 0 fully saturated rings. The van der Waals surface area contributed by atoms with Gasteiger partial charge in [-0.05, 0) is 51.0 Å². The largest absolute Gasteiger partial charge is 0.493 e. The van der Waals surface area contributed by atoms with Crippen LogP contribution in [0.5, 0.6) is 17.2 Å². The number of rotatable bonds is 6. The molecule has 3 rings (SSSR count). The van der Waals surface area contributed by atoms with E-state index in [0.29, 0.717) is 24.3 Å². The third kappa shape index (κ3) is 4.41. The van der Waals surface area contributed by atoms with E-state index in [1.807, 2.05) is 70.2 Å². The highest BCUT2D eigenvalue weighted by atomic mass is 16.5. The standard InChI is InChI=1S/C23H29NO4/c1-6-18(27-20-10-8-7-9-19(20)26-5)22(25)24-17-14-23(3,4)28-21-13-15(2)11-12-16(17)21/h7-13,17-18H,6,14H2,1-5H3,(H,24,25)/t17-,18+/m1/s1. The Morgan fingerprint density at radius 1 is 1.25 bits per heavy atom. The summed E-state index contributed by atoms with van der Waals surface area (Å²) >= 11 is 0. The van der Waals surface area contributed by atoms with Crippen LogP contribution in [0, 0.1) is 6.92 Å². The van der Waals surface area contributed by atoms with Crippen LogP contribution in [-0.2, 0) is 4.79 Å². The van der Waals surface area contributed by atoms with E-state index >= 15 is 0 Å². The van der Waals surface area contributed by atoms with Gasteiger partial charge in [-0.3, -0.25) is 4.79 Å². The van der Waals surface area contributed by atoms with Crippen LogP contribution in [0.15, 0.2) is 42.5 Å². The van der Waals surface area contributed by atoms with Crippen LogP contribution in [0.1, 0.15) is 50.8 Å². The Kier molecular flexibility index (Phi) is 5.82. The molecule has 0 bridgehead atoms. The fourth-order valence-electron chi connectivity index (χ4n) is 3.54. The van der Waals surface area contributed by atoms with Crippen molar-refractivity contribution in [1.82, 2.24) is 5.32 Å². The number of benzene rings is 2. The minimum Gasteiger partial charge on any atom is -0.493 e. The molecule has 5 nitrogen and oxygen atoms in total. The number of para-hydroxylation sites is 2. The van der Waals surface area contributed by atoms with Crippen molar-refractivity contribution in [1.29, 1.82) is 0 Å². The van der Waals surface area contributed by atoms with Crippen molar-refractivity contribution in [3.63, 3.8) is 0 Å². The quantitative estimate of drug-likeness (QED) is 0.793. The molecule has 2 atom stereocenters. The molecule has 28 heavy (non-hydrogen) atoms. The molecule has 2 aromatic carbocycles. The van der Waals surface area contributed by atoms with Crippen LogP contribution in [0.25, 0.3) is 0 Å². The minimum absolute atomic E-state index is 0.123. The molecule has 0 unspecified atom stereocenters. The second kappa shape index (κ2) is 8.13. The van der Waals surface area contributed by atoms with Gasteiger partial charge >= 0.3 is 0 Å². The second-order valence-corrected chi connectivity index (χ2v) is 7.83. The minimum atomic E-state index is -0.601. The SMILES string of the molecule is CC[C@H](Oc1ccccc1OC)C(=O)N[C@@H]1CC(C)(C)Oc2cc(C)ccc21. The van der Waals surface area contributed by atoms with E-state index in [1.165, 1.54) is 0 Å². The third-order valence-electron chi connectivity index (χ3n) is 4.94. The zero-order valence-electron chi connectivity index (χ0n) is 17.2. The van der Waals surface area contributed by atoms with Gasteiger partial charge in [0, 0.05) is 12.0 Å². The summed E-state index contributed by atoms with van der Waals surface area (Å²) in [6, 6.07) is 13.3. The van der Waals surface area contributed by atoms with E-state index in [1.54, 1.807) is 7.11 Å². The summed E-state index contributed by atoms with van der Waals surface area (Å²) in [5.74, 6) is 1.87. The molecule has 0 saturated heterocycles. The topological polar surface area (TPSA) is 56.8 Å². The summed E-state index contributed by atoms with van der Waals surface area (Å²) in [6.45, 7) is 8.05. The lowest BCUT2D eigenvalue weighted by atomic mass is 9.89. The number of fused-ring (bicyclic) bond motifs is 1. The lowest BCUT2D eigenvalue weighted by Gasteiger charge is -2.38. The first-order valence-electron chi connectivity index (χ1n) is 9.72. The van der Waals surface area contributed by atoms with Crippen molar-refractivity contribution >= 4 is 5.91 Å². The lowest BCUT2D eigenvalue weighted by molar-refractivity contribution is -0.129. The zero-order valence-corrected chi connectivity index (χ0v) is 17.2. The maximum absolute atomic E-state index is 13.0. The Hall–Kier alpha value is -2.69. The number of carbonyl (C=O) groups is 1. The average molecular weight is 383 g/mol. The normalized spacial score (nSPS) is 18.4. The number of hydrogen-bond donors (Lipinski definition) is 1. The maximum atomic E-state index is 13.0. The Balaban J connectivity index is 1.79. The smallest absolute Gasteiger partial charge is 0.261 e. The van der Waals surface area contributed by atoms with Crippen LogP contribution in [0.3, 0.4) is 0 Å². The van der Waals surface area contributed by atoms with Crippen molar-refractivity contribution < 1.29 is 19.0 Å². The van der Waals surface area contributed by atoms with Gasteiger partial charge in [-0.1, -0.05) is 31.2 Å². The summed E-state index contributed by atoms with van der Waals surface area (Å²) < 4.78 is 17.4. The summed E-state index contributed by atoms with van der Waals surface area (Å²) in [6.07, 6.45) is 0.646. The molecule has 5 heteroatoms. The highest BCUT2D eigenvalue weighted by molar-refractivity contribution is 5.81. The molecule has 1 heterocycles. The second-order valence-electron chi connectivity index (χ2n) is 7.83. The van der Waals surface area contributed by atoms with Crippen LogP contribution in [-0.4, -0.2) is 24.7 Å². The summed E-state index contributed by atoms with van der Waals surface area (Å²) in [5, 5.41) is 3.17. The summed E-state index contributed by atoms with van der Waals surface area (Å²) in [4.78, 5) is 13.0. The van der Waals surface area contributed by atoms with Crippen molar-refractivity contribution in [3.05, 3.63) is 53.6 Å². The van der Waals surface area contributed by atoms with Crippen molar-refractivity contribution in [2.75, 3.05) is 7.11 Å². The number of amides is 1. The van der Waals surface area contributed by atoms with E-state index in [2.05, 4.69) is 5.32 Å². The van der Waals surface area contributed by atoms with Gasteiger partial charge in [0.05, 0.1) is 13.2 Å². The molecule has 1 aliphatic rings. The number of hydrogen-bond acceptors (Lipinski definition) is 4. The van der Waals surface area contributed by atoms with Gasteiger partial charge in [-0.25, -0.2) is 0 Å². The van der Waals surface area contributed by atoms with Gasteiger partial charge in [-0.15, -0.1) is 0 Å². The molecule has 0 saturated carbocycles. The van der Waals surface area contributed by atoms with E-state index in [0.717, 1.165) is 16.9 Å². The molecular formula is C23H29NO4. The van der Waals surface area contributed by atoms with E-state index in [-0.39, 0.29) is 17.6 Å². The molecule has 0 spiro atoms. The first-order valence-corrected chi connectivity index (χ1v) is 9.72. The van der Waals surface area contributed by atoms with Gasteiger partial charge in [0.1, 0.15) is 11.4 Å². The number of carbonyl (C=O) groups excluding carboxylic acids is 1. The molecule has 2 aromatic rings. The molecule has 1 N–H and O–H groups in total. The third-order valence-corrected chi connectivity index (χ3v) is 4.94. The van der Waals surface area contributed by atoms with Gasteiger partial charge in [-0.2, -0.15) is 0 Å². The summed E-state index contributed by atoms with van der Waals surface area (Å²) in [5.41, 5.74) is 1.78. The molecule has 1 aliphatic heterocycles. The van der Waals surface area contributed by atoms with Crippen molar-refractivity contribution in [2.45, 2.75) is 58.3 Å². The fourth-order valence-corrected chi connectivity index (χ4v) is 3.54. The highest BCUT2D eigenvalue weighted by Gasteiger charge is 2.35. The summed E-state index contributed by atoms with van der Waals surface area (Å²) in [7, 11) is 1.59. The number of methoxy groups -OCH3 is 1. The first-order chi connectivity index (χ1) is 13.3. The van der Waals surface area contributed by atoms with Gasteiger partial charge in [0.15, 0.2) is 17.6 Å². The Morgan fingerprint density at radius 2 is 1.96 bits per heavy atom. The van der Waals surface area contributed by atoms with E-state index in [4.69, 9.17) is 14.2 Å². The predicted molar refractivity (Wildman–Crippen MR) is 109 cm³/mol. The van der Waals surface area contributed by atoms with Gasteiger partial charge in [0.25, 0.3) is 5.91 Å². The van der Waals surface area contributed by atoms with Crippen LogP contribution in [0.2, 0.25) is 0 Å². The van der Waals surface area contributed by atoms with Crippen molar-refractivity contribution in [3.8, 4) is 17.2 Å². The van der Waals surface area contributed by atoms with Crippen molar-refractivity contribution in [2.24, 2.45) is 0 Å². The van der Waals surface area contributed by atoms with Crippen LogP contribution < -0.4 is 19.5 Å². The molecule has 1 amide bonds. The Labute approximate surface area is 167 Å². The Morgan fingerprint density at radius 3 is 2.64 bits per heavy atom. The molecule has 0 radical (unpaired) electrons. The van der Waals surface area contributed by atoms with Gasteiger partial charge in [0.2, 0.25) is 0 Å². The molecule has 150 valence electrons. The highest BCUT2D eigenvalue weighted by Crippen LogP contribution is 2.40. The number of nitrogens with one attached hydrogen (secondary N) is 1. The predicted octanol–water partition coefficient (Wildman–Crippen LogP) is 4.58. The first kappa shape index (κ1) is 20.1. The van der Waals surface area contributed by atoms with E-state index < -0.39 is 6.10 Å². The van der Waals surface area contributed by atoms with Crippen LogP contribution in [0.4, 0.5) is 0 Å². The number of aryl methyl sites for hydroxylation is 1. The monoisotopic (exact) mass is 383 g/mol. The van der Waals surface area contributed by atoms with Gasteiger partial charge < -0.3 is 19.5 Å². The lowest BCUT2D eigenvalue weighted by Crippen LogP contribution is -2.45. The Bertz CT molecular complexity index is 846. The molecule has 0 aliphatic carbocycles. The molecule has 0 aromatic heterocycles. The zero-order chi connectivity index (χ0) is 20.3. The van der Waals surface area contributed by atoms with Crippen LogP contribution >= 0.6 is 0 Å². The molecular weight excluding hydrogens is 354 g/mol. The maximum Gasteiger partial charge on any atom is 0.261 e. The fraction of sp³-hybridized carbons (Fsp3) is 0.435. The van der Waals surface area contributed by atoms with E-state index in [9.17, 15) is 4.79 Å².